The van der Waals surface area contributed by atoms with Crippen LogP contribution in [-0.2, 0) is 17.9 Å². The summed E-state index contributed by atoms with van der Waals surface area (Å²) in [6, 6.07) is 18.0. The second-order valence-corrected chi connectivity index (χ2v) is 13.3. The summed E-state index contributed by atoms with van der Waals surface area (Å²) >= 11 is 0. The van der Waals surface area contributed by atoms with Crippen molar-refractivity contribution in [1.29, 1.82) is 0 Å². The molecule has 3 fully saturated rings. The van der Waals surface area contributed by atoms with Crippen LogP contribution in [0.25, 0.3) is 11.0 Å². The third-order valence-corrected chi connectivity index (χ3v) is 10.4. The Labute approximate surface area is 267 Å². The van der Waals surface area contributed by atoms with Gasteiger partial charge in [0.25, 0.3) is 0 Å². The normalized spacial score (nSPS) is 23.8. The van der Waals surface area contributed by atoms with Gasteiger partial charge in [-0.2, -0.15) is 0 Å². The molecule has 1 N–H and O–H groups in total. The second-order valence-electron chi connectivity index (χ2n) is 13.3. The van der Waals surface area contributed by atoms with E-state index in [1.54, 1.807) is 0 Å². The number of ether oxygens (including phenoxy) is 1. The monoisotopic (exact) mass is 614 g/mol. The Morgan fingerprint density at radius 1 is 0.844 bits per heavy atom. The molecular formula is C37H50N4O4. The van der Waals surface area contributed by atoms with Gasteiger partial charge >= 0.3 is 11.8 Å². The molecule has 3 aromatic rings. The van der Waals surface area contributed by atoms with E-state index < -0.39 is 0 Å². The summed E-state index contributed by atoms with van der Waals surface area (Å²) < 4.78 is 9.60. The molecule has 1 amide bonds. The van der Waals surface area contributed by atoms with Crippen LogP contribution >= 0.6 is 0 Å². The van der Waals surface area contributed by atoms with Gasteiger partial charge in [-0.15, -0.1) is 0 Å². The fourth-order valence-electron chi connectivity index (χ4n) is 8.00. The minimum Gasteiger partial charge on any atom is -0.445 e. The number of piperidine rings is 1. The largest absolute Gasteiger partial charge is 0.445 e. The van der Waals surface area contributed by atoms with Gasteiger partial charge in [-0.1, -0.05) is 86.7 Å². The number of hydrogen-bond acceptors (Lipinski definition) is 5. The first-order valence-electron chi connectivity index (χ1n) is 17.3. The van der Waals surface area contributed by atoms with Crippen LogP contribution in [0.15, 0.2) is 71.5 Å². The van der Waals surface area contributed by atoms with E-state index in [0.29, 0.717) is 13.1 Å². The third-order valence-electron chi connectivity index (χ3n) is 10.4. The lowest BCUT2D eigenvalue weighted by Gasteiger charge is -2.40. The number of carbonyl (C=O) groups is 1. The predicted octanol–water partition coefficient (Wildman–Crippen LogP) is 6.52. The molecule has 2 saturated heterocycles. The summed E-state index contributed by atoms with van der Waals surface area (Å²) in [5.41, 5.74) is 2.85. The molecule has 1 saturated carbocycles. The molecule has 242 valence electrons. The van der Waals surface area contributed by atoms with Gasteiger partial charge in [0.15, 0.2) is 0 Å². The highest BCUT2D eigenvalue weighted by atomic mass is 16.6. The van der Waals surface area contributed by atoms with Gasteiger partial charge in [-0.05, 0) is 62.1 Å². The summed E-state index contributed by atoms with van der Waals surface area (Å²) in [5.74, 6) is 0.727. The highest BCUT2D eigenvalue weighted by Gasteiger charge is 2.34. The van der Waals surface area contributed by atoms with Gasteiger partial charge in [-0.25, -0.2) is 9.59 Å². The van der Waals surface area contributed by atoms with Crippen LogP contribution in [0.2, 0.25) is 0 Å². The number of fused-ring (bicyclic) bond motifs is 1. The van der Waals surface area contributed by atoms with Crippen molar-refractivity contribution >= 4 is 17.1 Å². The van der Waals surface area contributed by atoms with Crippen molar-refractivity contribution < 1.29 is 14.6 Å². The van der Waals surface area contributed by atoms with E-state index in [-0.39, 0.29) is 43.1 Å². The maximum absolute atomic E-state index is 14.3. The zero-order valence-electron chi connectivity index (χ0n) is 26.6. The number of likely N-dealkylation sites (tertiary alicyclic amines) is 2. The van der Waals surface area contributed by atoms with Gasteiger partial charge in [0.05, 0.1) is 23.7 Å². The number of carbonyl (C=O) groups excluding carboxylic acids is 1. The van der Waals surface area contributed by atoms with Crippen LogP contribution in [-0.4, -0.2) is 68.5 Å². The molecule has 1 aromatic heterocycles. The Morgan fingerprint density at radius 3 is 2.36 bits per heavy atom. The lowest BCUT2D eigenvalue weighted by molar-refractivity contribution is 0.0893. The summed E-state index contributed by atoms with van der Waals surface area (Å²) in [7, 11) is 0. The summed E-state index contributed by atoms with van der Waals surface area (Å²) in [4.78, 5) is 31.8. The summed E-state index contributed by atoms with van der Waals surface area (Å²) in [6.45, 7) is 3.42. The topological polar surface area (TPSA) is 79.9 Å². The van der Waals surface area contributed by atoms with E-state index in [4.69, 9.17) is 4.74 Å². The number of benzene rings is 2. The molecule has 0 radical (unpaired) electrons. The standard InChI is InChI=1S/C37H50N4O4/c42-24-12-18-31-25-32(21-23-38(31)26-29-13-5-2-1-3-6-14-29)41-35-20-10-9-19-34(35)40(36(41)43)27-33-17-11-22-39(33)37(44)45-28-30-15-7-4-8-16-30/h4,7-10,12,15-16,18-20,29,31-33,42H,1-3,5-6,11,13-14,17,21-28H2/t31-,32+,33-/m0/s1. The Balaban J connectivity index is 1.19. The number of nitrogens with zero attached hydrogens (tertiary/aromatic N) is 4. The van der Waals surface area contributed by atoms with Crippen LogP contribution in [0.4, 0.5) is 4.79 Å². The van der Waals surface area contributed by atoms with E-state index >= 15 is 0 Å². The molecule has 6 rings (SSSR count). The molecule has 8 heteroatoms. The maximum atomic E-state index is 14.3. The first-order chi connectivity index (χ1) is 22.1. The SMILES string of the molecule is O=C(OCc1ccccc1)N1CCC[C@H]1Cn1c(=O)n([C@@H]2CCN(CC3CCCCCCC3)[C@@H](C=CCO)C2)c2ccccc21. The zero-order chi connectivity index (χ0) is 31.0. The molecular weight excluding hydrogens is 564 g/mol. The molecule has 1 aliphatic carbocycles. The van der Waals surface area contributed by atoms with Crippen molar-refractivity contribution in [3.8, 4) is 0 Å². The number of aromatic nitrogens is 2. The highest BCUT2D eigenvalue weighted by molar-refractivity contribution is 5.76. The van der Waals surface area contributed by atoms with Gasteiger partial charge in [0.2, 0.25) is 0 Å². The fraction of sp³-hybridized carbons (Fsp3) is 0.568. The Kier molecular flexibility index (Phi) is 10.7. The molecule has 2 aromatic carbocycles. The van der Waals surface area contributed by atoms with E-state index in [9.17, 15) is 14.7 Å². The molecule has 2 aliphatic heterocycles. The lowest BCUT2D eigenvalue weighted by atomic mass is 9.88. The summed E-state index contributed by atoms with van der Waals surface area (Å²) in [5, 5.41) is 9.63. The van der Waals surface area contributed by atoms with Crippen molar-refractivity contribution in [3.05, 3.63) is 82.8 Å². The quantitative estimate of drug-likeness (QED) is 0.278. The predicted molar refractivity (Wildman–Crippen MR) is 178 cm³/mol. The first kappa shape index (κ1) is 31.6. The number of amides is 1. The number of rotatable bonds is 9. The van der Waals surface area contributed by atoms with E-state index in [1.807, 2.05) is 68.6 Å². The maximum Gasteiger partial charge on any atom is 0.410 e. The molecule has 0 unspecified atom stereocenters. The summed E-state index contributed by atoms with van der Waals surface area (Å²) in [6.07, 6.45) is 16.6. The smallest absolute Gasteiger partial charge is 0.410 e. The van der Waals surface area contributed by atoms with E-state index in [1.165, 1.54) is 44.9 Å². The molecule has 3 atom stereocenters. The van der Waals surface area contributed by atoms with Gasteiger partial charge in [0.1, 0.15) is 6.61 Å². The fourth-order valence-corrected chi connectivity index (χ4v) is 8.00. The average Bonchev–Trinajstić information content (AvgIpc) is 3.63. The van der Waals surface area contributed by atoms with Crippen molar-refractivity contribution in [2.45, 2.75) is 102 Å². The first-order valence-corrected chi connectivity index (χ1v) is 17.3. The number of imidazole rings is 1. The number of aliphatic hydroxyl groups excluding tert-OH is 1. The van der Waals surface area contributed by atoms with Gasteiger partial charge < -0.3 is 14.7 Å². The number of aliphatic hydroxyl groups is 1. The minimum atomic E-state index is -0.312. The molecule has 3 heterocycles. The number of hydrogen-bond donors (Lipinski definition) is 1. The third kappa shape index (κ3) is 7.55. The van der Waals surface area contributed by atoms with Crippen molar-refractivity contribution in [1.82, 2.24) is 18.9 Å². The zero-order valence-corrected chi connectivity index (χ0v) is 26.6. The van der Waals surface area contributed by atoms with Crippen molar-refractivity contribution in [3.63, 3.8) is 0 Å². The molecule has 0 spiro atoms. The molecule has 0 bridgehead atoms. The minimum absolute atomic E-state index is 0.00376. The molecule has 8 nitrogen and oxygen atoms in total. The van der Waals surface area contributed by atoms with Gasteiger partial charge in [-0.3, -0.25) is 14.0 Å². The lowest BCUT2D eigenvalue weighted by Crippen LogP contribution is -2.46. The van der Waals surface area contributed by atoms with Crippen LogP contribution < -0.4 is 5.69 Å². The van der Waals surface area contributed by atoms with Crippen molar-refractivity contribution in [2.75, 3.05) is 26.2 Å². The van der Waals surface area contributed by atoms with Crippen LogP contribution in [0.1, 0.15) is 82.2 Å². The van der Waals surface area contributed by atoms with Crippen LogP contribution in [0, 0.1) is 5.92 Å². The molecule has 45 heavy (non-hydrogen) atoms. The van der Waals surface area contributed by atoms with E-state index in [0.717, 1.165) is 61.3 Å². The van der Waals surface area contributed by atoms with Crippen molar-refractivity contribution in [2.24, 2.45) is 5.92 Å². The van der Waals surface area contributed by atoms with E-state index in [2.05, 4.69) is 17.0 Å². The average molecular weight is 615 g/mol. The number of para-hydroxylation sites is 2. The Bertz CT molecular complexity index is 1470. The van der Waals surface area contributed by atoms with Crippen LogP contribution in [0.5, 0.6) is 0 Å². The highest BCUT2D eigenvalue weighted by Crippen LogP contribution is 2.33. The Morgan fingerprint density at radius 2 is 1.58 bits per heavy atom. The molecule has 3 aliphatic rings. The Hall–Kier alpha value is -3.36. The second kappa shape index (κ2) is 15.3. The van der Waals surface area contributed by atoms with Gasteiger partial charge in [0, 0.05) is 38.3 Å². The van der Waals surface area contributed by atoms with Crippen LogP contribution in [0.3, 0.4) is 0 Å².